The Hall–Kier alpha value is -2.69. The minimum Gasteiger partial charge on any atom is -0.450 e. The van der Waals surface area contributed by atoms with Crippen LogP contribution in [0.2, 0.25) is 0 Å². The van der Waals surface area contributed by atoms with Gasteiger partial charge in [0.25, 0.3) is 0 Å². The monoisotopic (exact) mass is 274 g/mol. The zero-order valence-corrected chi connectivity index (χ0v) is 10.5. The quantitative estimate of drug-likeness (QED) is 0.490. The molecule has 2 aromatic carbocycles. The Labute approximate surface area is 114 Å². The molecule has 0 unspecified atom stereocenters. The maximum absolute atomic E-state index is 12.3. The molecule has 20 heavy (non-hydrogen) atoms. The highest BCUT2D eigenvalue weighted by molar-refractivity contribution is 6.30. The molecule has 0 saturated carbocycles. The van der Waals surface area contributed by atoms with Gasteiger partial charge in [-0.25, -0.2) is 14.0 Å². The predicted molar refractivity (Wildman–Crippen MR) is 70.8 cm³/mol. The second-order valence-electron chi connectivity index (χ2n) is 3.99. The van der Waals surface area contributed by atoms with Crippen LogP contribution in [0, 0.1) is 0 Å². The fourth-order valence-corrected chi connectivity index (χ4v) is 1.58. The van der Waals surface area contributed by atoms with Crippen LogP contribution in [-0.4, -0.2) is 18.5 Å². The fourth-order valence-electron chi connectivity index (χ4n) is 1.58. The number of halogens is 1. The van der Waals surface area contributed by atoms with E-state index in [1.165, 1.54) is 0 Å². The Bertz CT molecular complexity index is 678. The topological polar surface area (TPSA) is 52.6 Å². The molecule has 0 aliphatic rings. The van der Waals surface area contributed by atoms with Crippen molar-refractivity contribution in [3.05, 3.63) is 54.9 Å². The summed E-state index contributed by atoms with van der Waals surface area (Å²) in [6.07, 6.45) is 0. The van der Waals surface area contributed by atoms with Gasteiger partial charge in [-0.05, 0) is 22.9 Å². The third-order valence-electron chi connectivity index (χ3n) is 2.46. The number of hydrogen-bond donors (Lipinski definition) is 0. The van der Waals surface area contributed by atoms with Gasteiger partial charge >= 0.3 is 11.9 Å². The van der Waals surface area contributed by atoms with Gasteiger partial charge in [-0.1, -0.05) is 36.9 Å². The zero-order valence-electron chi connectivity index (χ0n) is 10.5. The average molecular weight is 274 g/mol. The molecule has 0 atom stereocenters. The van der Waals surface area contributed by atoms with Crippen LogP contribution in [0.15, 0.2) is 54.9 Å². The Morgan fingerprint density at radius 3 is 2.45 bits per heavy atom. The van der Waals surface area contributed by atoms with Crippen molar-refractivity contribution in [3.63, 3.8) is 0 Å². The van der Waals surface area contributed by atoms with E-state index in [0.717, 1.165) is 10.8 Å². The second kappa shape index (κ2) is 5.97. The molecular weight excluding hydrogens is 263 g/mol. The molecule has 0 fully saturated rings. The van der Waals surface area contributed by atoms with Crippen LogP contribution in [0.3, 0.4) is 0 Å². The summed E-state index contributed by atoms with van der Waals surface area (Å²) in [5.74, 6) is -3.11. The molecule has 102 valence electrons. The highest BCUT2D eigenvalue weighted by Gasteiger charge is 2.18. The molecule has 4 nitrogen and oxygen atoms in total. The van der Waals surface area contributed by atoms with Crippen molar-refractivity contribution in [2.75, 3.05) is 6.61 Å². The van der Waals surface area contributed by atoms with Crippen LogP contribution in [-0.2, 0) is 14.3 Å². The molecule has 2 rings (SSSR count). The lowest BCUT2D eigenvalue weighted by Crippen LogP contribution is -2.23. The first-order valence-electron chi connectivity index (χ1n) is 5.77. The van der Waals surface area contributed by atoms with Crippen molar-refractivity contribution < 1.29 is 23.5 Å². The largest absolute Gasteiger partial charge is 0.450 e. The lowest BCUT2D eigenvalue weighted by Gasteiger charge is -2.05. The van der Waals surface area contributed by atoms with Crippen molar-refractivity contribution in [2.24, 2.45) is 0 Å². The number of ether oxygens (including phenoxy) is 2. The summed E-state index contributed by atoms with van der Waals surface area (Å²) in [7, 11) is 0. The van der Waals surface area contributed by atoms with E-state index in [2.05, 4.69) is 11.3 Å². The first kappa shape index (κ1) is 13.7. The number of rotatable bonds is 3. The van der Waals surface area contributed by atoms with Gasteiger partial charge in [-0.2, -0.15) is 0 Å². The molecule has 2 aromatic rings. The van der Waals surface area contributed by atoms with Gasteiger partial charge in [0.1, 0.15) is 18.2 Å². The van der Waals surface area contributed by atoms with Crippen molar-refractivity contribution in [1.29, 1.82) is 0 Å². The maximum Gasteiger partial charge on any atom is 0.422 e. The van der Waals surface area contributed by atoms with E-state index in [1.807, 2.05) is 24.3 Å². The summed E-state index contributed by atoms with van der Waals surface area (Å²) >= 11 is 0. The van der Waals surface area contributed by atoms with Crippen molar-refractivity contribution in [2.45, 2.75) is 0 Å². The van der Waals surface area contributed by atoms with Crippen LogP contribution in [0.5, 0.6) is 5.75 Å². The molecule has 0 radical (unpaired) electrons. The maximum atomic E-state index is 12.3. The van der Waals surface area contributed by atoms with Crippen LogP contribution >= 0.6 is 0 Å². The predicted octanol–water partition coefficient (Wildman–Crippen LogP) is 2.77. The van der Waals surface area contributed by atoms with Crippen molar-refractivity contribution >= 4 is 22.7 Å². The summed E-state index contributed by atoms with van der Waals surface area (Å²) in [6.45, 7) is 2.25. The Morgan fingerprint density at radius 1 is 1.05 bits per heavy atom. The van der Waals surface area contributed by atoms with Gasteiger partial charge in [0.05, 0.1) is 0 Å². The first-order valence-corrected chi connectivity index (χ1v) is 5.77. The Kier molecular flexibility index (Phi) is 4.10. The highest BCUT2D eigenvalue weighted by atomic mass is 19.1. The average Bonchev–Trinajstić information content (AvgIpc) is 2.44. The third-order valence-corrected chi connectivity index (χ3v) is 2.46. The molecular formula is C15H11FO4. The number of esters is 2. The van der Waals surface area contributed by atoms with Gasteiger partial charge in [0.2, 0.25) is 0 Å². The molecule has 0 amide bonds. The highest BCUT2D eigenvalue weighted by Crippen LogP contribution is 2.20. The van der Waals surface area contributed by atoms with Gasteiger partial charge in [0.15, 0.2) is 0 Å². The SMILES string of the molecule is C=C(F)COC(=O)C(=O)Oc1ccc2ccccc2c1. The van der Waals surface area contributed by atoms with Gasteiger partial charge < -0.3 is 9.47 Å². The van der Waals surface area contributed by atoms with Crippen LogP contribution in [0.1, 0.15) is 0 Å². The van der Waals surface area contributed by atoms with Crippen LogP contribution in [0.4, 0.5) is 4.39 Å². The van der Waals surface area contributed by atoms with Crippen LogP contribution < -0.4 is 4.74 Å². The Balaban J connectivity index is 2.05. The second-order valence-corrected chi connectivity index (χ2v) is 3.99. The van der Waals surface area contributed by atoms with E-state index in [0.29, 0.717) is 0 Å². The molecule has 0 bridgehead atoms. The van der Waals surface area contributed by atoms with Crippen molar-refractivity contribution in [3.8, 4) is 5.75 Å². The third kappa shape index (κ3) is 3.41. The smallest absolute Gasteiger partial charge is 0.422 e. The van der Waals surface area contributed by atoms with Gasteiger partial charge in [0, 0.05) is 0 Å². The number of fused-ring (bicyclic) bond motifs is 1. The van der Waals surface area contributed by atoms with Gasteiger partial charge in [-0.15, -0.1) is 0 Å². The summed E-state index contributed by atoms with van der Waals surface area (Å²) in [5.41, 5.74) is 0. The van der Waals surface area contributed by atoms with E-state index in [4.69, 9.17) is 4.74 Å². The van der Waals surface area contributed by atoms with E-state index in [1.54, 1.807) is 18.2 Å². The zero-order chi connectivity index (χ0) is 14.5. The number of carbonyl (C=O) groups excluding carboxylic acids is 2. The van der Waals surface area contributed by atoms with Gasteiger partial charge in [-0.3, -0.25) is 0 Å². The summed E-state index contributed by atoms with van der Waals surface area (Å²) in [6, 6.07) is 12.4. The summed E-state index contributed by atoms with van der Waals surface area (Å²) in [4.78, 5) is 22.6. The molecule has 0 N–H and O–H groups in total. The molecule has 0 aliphatic heterocycles. The van der Waals surface area contributed by atoms with Crippen LogP contribution in [0.25, 0.3) is 10.8 Å². The molecule has 0 aliphatic carbocycles. The molecule has 0 heterocycles. The lowest BCUT2D eigenvalue weighted by atomic mass is 10.1. The molecule has 5 heteroatoms. The molecule has 0 spiro atoms. The first-order chi connectivity index (χ1) is 9.56. The standard InChI is InChI=1S/C15H11FO4/c1-10(16)9-19-14(17)15(18)20-13-7-6-11-4-2-3-5-12(11)8-13/h2-8H,1,9H2. The lowest BCUT2D eigenvalue weighted by molar-refractivity contribution is -0.161. The van der Waals surface area contributed by atoms with Crippen molar-refractivity contribution in [1.82, 2.24) is 0 Å². The van der Waals surface area contributed by atoms with E-state index in [9.17, 15) is 14.0 Å². The molecule has 0 aromatic heterocycles. The van der Waals surface area contributed by atoms with E-state index >= 15 is 0 Å². The van der Waals surface area contributed by atoms with E-state index < -0.39 is 24.4 Å². The minimum absolute atomic E-state index is 0.213. The normalized spacial score (nSPS) is 10.1. The number of carbonyl (C=O) groups is 2. The number of hydrogen-bond acceptors (Lipinski definition) is 4. The summed E-state index contributed by atoms with van der Waals surface area (Å²) < 4.78 is 21.5. The molecule has 0 saturated heterocycles. The fraction of sp³-hybridized carbons (Fsp3) is 0.0667. The minimum atomic E-state index is -1.27. The summed E-state index contributed by atoms with van der Waals surface area (Å²) in [5, 5.41) is 1.84. The van der Waals surface area contributed by atoms with E-state index in [-0.39, 0.29) is 5.75 Å². The Morgan fingerprint density at radius 2 is 1.75 bits per heavy atom. The number of benzene rings is 2.